The van der Waals surface area contributed by atoms with Crippen LogP contribution in [-0.4, -0.2) is 19.3 Å². The molecule has 7 heteroatoms. The van der Waals surface area contributed by atoms with Gasteiger partial charge in [-0.25, -0.2) is 9.67 Å². The minimum atomic E-state index is 0.274. The standard InChI is InChI=1S/C14H13Cl3N4/c1-7-4-10(17)11(5-9(7)16)21-12(6-15)18-13-8(2)19-20(3)14(13)21/h4-5H,6H2,1-3H3. The highest BCUT2D eigenvalue weighted by Crippen LogP contribution is 2.32. The van der Waals surface area contributed by atoms with E-state index in [9.17, 15) is 0 Å². The second kappa shape index (κ2) is 5.20. The quantitative estimate of drug-likeness (QED) is 0.646. The molecule has 0 atom stereocenters. The van der Waals surface area contributed by atoms with Crippen LogP contribution in [0, 0.1) is 13.8 Å². The number of aromatic nitrogens is 4. The molecule has 110 valence electrons. The number of nitrogens with zero attached hydrogens (tertiary/aromatic N) is 4. The van der Waals surface area contributed by atoms with Gasteiger partial charge >= 0.3 is 0 Å². The van der Waals surface area contributed by atoms with Gasteiger partial charge in [-0.05, 0) is 31.5 Å². The first-order valence-corrected chi connectivity index (χ1v) is 7.66. The third kappa shape index (κ3) is 2.22. The van der Waals surface area contributed by atoms with Crippen LogP contribution in [0.4, 0.5) is 0 Å². The zero-order valence-electron chi connectivity index (χ0n) is 11.8. The molecule has 1 aromatic carbocycles. The third-order valence-corrected chi connectivity index (χ3v) is 4.41. The van der Waals surface area contributed by atoms with E-state index in [1.807, 2.05) is 37.6 Å². The smallest absolute Gasteiger partial charge is 0.163 e. The third-order valence-electron chi connectivity index (χ3n) is 3.46. The van der Waals surface area contributed by atoms with Crippen molar-refractivity contribution >= 4 is 46.0 Å². The minimum absolute atomic E-state index is 0.274. The summed E-state index contributed by atoms with van der Waals surface area (Å²) in [6.45, 7) is 3.83. The average Bonchev–Trinajstić information content (AvgIpc) is 2.93. The van der Waals surface area contributed by atoms with Crippen LogP contribution in [0.15, 0.2) is 12.1 Å². The molecule has 2 aromatic heterocycles. The summed E-state index contributed by atoms with van der Waals surface area (Å²) in [4.78, 5) is 4.57. The number of benzene rings is 1. The lowest BCUT2D eigenvalue weighted by molar-refractivity contribution is 0.755. The Labute approximate surface area is 137 Å². The van der Waals surface area contributed by atoms with Gasteiger partial charge < -0.3 is 0 Å². The lowest BCUT2D eigenvalue weighted by atomic mass is 10.2. The van der Waals surface area contributed by atoms with Gasteiger partial charge in [0.2, 0.25) is 0 Å². The highest BCUT2D eigenvalue weighted by molar-refractivity contribution is 6.35. The topological polar surface area (TPSA) is 35.6 Å². The van der Waals surface area contributed by atoms with E-state index in [2.05, 4.69) is 10.1 Å². The summed E-state index contributed by atoms with van der Waals surface area (Å²) < 4.78 is 3.69. The van der Waals surface area contributed by atoms with Crippen molar-refractivity contribution < 1.29 is 0 Å². The van der Waals surface area contributed by atoms with Gasteiger partial charge in [0.1, 0.15) is 11.3 Å². The van der Waals surface area contributed by atoms with Crippen molar-refractivity contribution in [1.29, 1.82) is 0 Å². The maximum atomic E-state index is 6.40. The fraction of sp³-hybridized carbons (Fsp3) is 0.286. The van der Waals surface area contributed by atoms with Crippen LogP contribution in [0.3, 0.4) is 0 Å². The second-order valence-corrected chi connectivity index (χ2v) is 6.01. The zero-order chi connectivity index (χ0) is 15.3. The number of alkyl halides is 1. The van der Waals surface area contributed by atoms with Crippen LogP contribution in [0.25, 0.3) is 16.9 Å². The van der Waals surface area contributed by atoms with Crippen molar-refractivity contribution in [2.24, 2.45) is 7.05 Å². The van der Waals surface area contributed by atoms with Crippen molar-refractivity contribution in [3.63, 3.8) is 0 Å². The molecule has 0 saturated carbocycles. The van der Waals surface area contributed by atoms with E-state index in [1.54, 1.807) is 4.68 Å². The molecule has 0 amide bonds. The lowest BCUT2D eigenvalue weighted by Gasteiger charge is -2.12. The number of aryl methyl sites for hydroxylation is 3. The molecule has 3 aromatic rings. The van der Waals surface area contributed by atoms with Gasteiger partial charge in [0.05, 0.1) is 22.3 Å². The molecule has 4 nitrogen and oxygen atoms in total. The van der Waals surface area contributed by atoms with Gasteiger partial charge in [0.25, 0.3) is 0 Å². The molecule has 21 heavy (non-hydrogen) atoms. The van der Waals surface area contributed by atoms with Crippen molar-refractivity contribution in [3.05, 3.63) is 39.3 Å². The van der Waals surface area contributed by atoms with E-state index < -0.39 is 0 Å². The highest BCUT2D eigenvalue weighted by Gasteiger charge is 2.20. The van der Waals surface area contributed by atoms with Crippen LogP contribution >= 0.6 is 34.8 Å². The van der Waals surface area contributed by atoms with Gasteiger partial charge in [-0.1, -0.05) is 23.2 Å². The minimum Gasteiger partial charge on any atom is -0.278 e. The van der Waals surface area contributed by atoms with E-state index in [0.29, 0.717) is 15.9 Å². The normalized spacial score (nSPS) is 11.5. The molecule has 0 radical (unpaired) electrons. The fourth-order valence-electron chi connectivity index (χ4n) is 2.47. The summed E-state index contributed by atoms with van der Waals surface area (Å²) in [6, 6.07) is 3.67. The Hall–Kier alpha value is -1.23. The van der Waals surface area contributed by atoms with Crippen molar-refractivity contribution in [3.8, 4) is 5.69 Å². The van der Waals surface area contributed by atoms with E-state index >= 15 is 0 Å². The number of rotatable bonds is 2. The molecule has 0 aliphatic heterocycles. The Morgan fingerprint density at radius 2 is 1.86 bits per heavy atom. The summed E-state index contributed by atoms with van der Waals surface area (Å²) in [5.74, 6) is 0.986. The monoisotopic (exact) mass is 342 g/mol. The summed E-state index contributed by atoms with van der Waals surface area (Å²) in [6.07, 6.45) is 0. The number of fused-ring (bicyclic) bond motifs is 1. The van der Waals surface area contributed by atoms with Crippen LogP contribution in [0.5, 0.6) is 0 Å². The molecule has 0 spiro atoms. The van der Waals surface area contributed by atoms with Crippen LogP contribution in [0.2, 0.25) is 10.0 Å². The van der Waals surface area contributed by atoms with E-state index in [-0.39, 0.29) is 5.88 Å². The molecule has 2 heterocycles. The molecular formula is C14H13Cl3N4. The van der Waals surface area contributed by atoms with E-state index in [4.69, 9.17) is 34.8 Å². The Bertz CT molecular complexity index is 848. The Morgan fingerprint density at radius 3 is 2.52 bits per heavy atom. The van der Waals surface area contributed by atoms with Crippen LogP contribution in [0.1, 0.15) is 17.1 Å². The predicted octanol–water partition coefficient (Wildman–Crippen LogP) is 4.42. The zero-order valence-corrected chi connectivity index (χ0v) is 14.1. The molecule has 0 saturated heterocycles. The number of hydrogen-bond acceptors (Lipinski definition) is 2. The Balaban J connectivity index is 2.41. The van der Waals surface area contributed by atoms with Gasteiger partial charge in [-0.2, -0.15) is 5.10 Å². The average molecular weight is 344 g/mol. The SMILES string of the molecule is Cc1cc(Cl)c(-n2c(CCl)nc3c(C)nn(C)c32)cc1Cl. The molecule has 0 unspecified atom stereocenters. The van der Waals surface area contributed by atoms with Gasteiger partial charge in [-0.3, -0.25) is 4.57 Å². The largest absolute Gasteiger partial charge is 0.278 e. The Kier molecular flexibility index (Phi) is 3.64. The maximum Gasteiger partial charge on any atom is 0.163 e. The van der Waals surface area contributed by atoms with Crippen molar-refractivity contribution in [1.82, 2.24) is 19.3 Å². The number of halogens is 3. The van der Waals surface area contributed by atoms with Gasteiger partial charge in [0, 0.05) is 12.1 Å². The first-order valence-electron chi connectivity index (χ1n) is 6.37. The molecule has 3 rings (SSSR count). The maximum absolute atomic E-state index is 6.40. The lowest BCUT2D eigenvalue weighted by Crippen LogP contribution is -2.05. The molecule has 0 aliphatic carbocycles. The van der Waals surface area contributed by atoms with Crippen LogP contribution in [-0.2, 0) is 12.9 Å². The van der Waals surface area contributed by atoms with Gasteiger partial charge in [0.15, 0.2) is 5.65 Å². The van der Waals surface area contributed by atoms with Crippen molar-refractivity contribution in [2.75, 3.05) is 0 Å². The summed E-state index contributed by atoms with van der Waals surface area (Å²) in [5.41, 5.74) is 4.21. The fourth-order valence-corrected chi connectivity index (χ4v) is 3.11. The molecule has 0 aliphatic rings. The number of imidazole rings is 1. The molecule has 0 N–H and O–H groups in total. The van der Waals surface area contributed by atoms with E-state index in [1.165, 1.54) is 0 Å². The first-order chi connectivity index (χ1) is 9.93. The van der Waals surface area contributed by atoms with Crippen molar-refractivity contribution in [2.45, 2.75) is 19.7 Å². The molecule has 0 fully saturated rings. The summed E-state index contributed by atoms with van der Waals surface area (Å²) >= 11 is 18.7. The summed E-state index contributed by atoms with van der Waals surface area (Å²) in [5, 5.41) is 5.64. The Morgan fingerprint density at radius 1 is 1.14 bits per heavy atom. The van der Waals surface area contributed by atoms with Crippen LogP contribution < -0.4 is 0 Å². The second-order valence-electron chi connectivity index (χ2n) is 4.93. The predicted molar refractivity (Wildman–Crippen MR) is 86.9 cm³/mol. The summed E-state index contributed by atoms with van der Waals surface area (Å²) in [7, 11) is 1.87. The van der Waals surface area contributed by atoms with Gasteiger partial charge in [-0.15, -0.1) is 11.6 Å². The van der Waals surface area contributed by atoms with E-state index in [0.717, 1.165) is 28.1 Å². The number of hydrogen-bond donors (Lipinski definition) is 0. The molecule has 0 bridgehead atoms. The highest BCUT2D eigenvalue weighted by atomic mass is 35.5. The molecular weight excluding hydrogens is 331 g/mol. The first kappa shape index (κ1) is 14.7.